The zero-order valence-electron chi connectivity index (χ0n) is 23.9. The third kappa shape index (κ3) is 5.68. The van der Waals surface area contributed by atoms with E-state index in [-0.39, 0.29) is 52.0 Å². The molecule has 0 bridgehead atoms. The molecule has 1 unspecified atom stereocenters. The normalized spacial score (nSPS) is 22.3. The third-order valence-electron chi connectivity index (χ3n) is 8.65. The number of nitrogens with one attached hydrogen (secondary N) is 1. The van der Waals surface area contributed by atoms with Crippen molar-refractivity contribution in [1.82, 2.24) is 10.3 Å². The molecule has 45 heavy (non-hydrogen) atoms. The van der Waals surface area contributed by atoms with Crippen LogP contribution in [-0.2, 0) is 11.1 Å². The van der Waals surface area contributed by atoms with Gasteiger partial charge in [-0.05, 0) is 86.9 Å². The van der Waals surface area contributed by atoms with Gasteiger partial charge in [0.25, 0.3) is 5.91 Å². The van der Waals surface area contributed by atoms with Crippen molar-refractivity contribution in [3.63, 3.8) is 0 Å². The number of benzene rings is 2. The Kier molecular flexibility index (Phi) is 7.18. The van der Waals surface area contributed by atoms with E-state index in [1.165, 1.54) is 12.1 Å². The van der Waals surface area contributed by atoms with Crippen LogP contribution in [-0.4, -0.2) is 47.5 Å². The molecule has 1 aliphatic heterocycles. The van der Waals surface area contributed by atoms with Gasteiger partial charge in [-0.15, -0.1) is 0 Å². The molecule has 0 spiro atoms. The van der Waals surface area contributed by atoms with E-state index in [4.69, 9.17) is 31.5 Å². The molecule has 1 amide bonds. The Bertz CT molecular complexity index is 1680. The number of carbonyl (C=O) groups is 1. The van der Waals surface area contributed by atoms with Crippen LogP contribution in [0, 0.1) is 11.7 Å². The minimum absolute atomic E-state index is 0.0660. The fourth-order valence-electron chi connectivity index (χ4n) is 5.46. The number of amides is 1. The molecule has 238 valence electrons. The molecule has 13 heteroatoms. The van der Waals surface area contributed by atoms with Gasteiger partial charge in [0.05, 0.1) is 29.5 Å². The maximum atomic E-state index is 14.3. The second-order valence-electron chi connectivity index (χ2n) is 12.3. The highest BCUT2D eigenvalue weighted by Crippen LogP contribution is 2.52. The average Bonchev–Trinajstić information content (AvgIpc) is 3.85. The minimum Gasteiger partial charge on any atom is -0.488 e. The van der Waals surface area contributed by atoms with Gasteiger partial charge in [-0.25, -0.2) is 9.37 Å². The summed E-state index contributed by atoms with van der Waals surface area (Å²) in [6.07, 6.45) is 0.138. The molecule has 8 nitrogen and oxygen atoms in total. The Balaban J connectivity index is 1.23. The topological polar surface area (TPSA) is 116 Å². The van der Waals surface area contributed by atoms with Crippen LogP contribution >= 0.6 is 11.6 Å². The summed E-state index contributed by atoms with van der Waals surface area (Å²) in [6.45, 7) is -1.27. The summed E-state index contributed by atoms with van der Waals surface area (Å²) in [4.78, 5) is 17.9. The molecule has 0 saturated heterocycles. The van der Waals surface area contributed by atoms with Crippen LogP contribution < -0.4 is 25.3 Å². The van der Waals surface area contributed by atoms with E-state index in [1.54, 1.807) is 18.2 Å². The van der Waals surface area contributed by atoms with Gasteiger partial charge < -0.3 is 30.4 Å². The van der Waals surface area contributed by atoms with Gasteiger partial charge in [0, 0.05) is 16.7 Å². The predicted octanol–water partition coefficient (Wildman–Crippen LogP) is 5.76. The molecule has 4 N–H and O–H groups in total. The monoisotopic (exact) mass is 647 g/mol. The third-order valence-corrected chi connectivity index (χ3v) is 8.94. The van der Waals surface area contributed by atoms with Crippen molar-refractivity contribution in [2.24, 2.45) is 11.7 Å². The fourth-order valence-corrected chi connectivity index (χ4v) is 5.64. The predicted molar refractivity (Wildman–Crippen MR) is 155 cm³/mol. The van der Waals surface area contributed by atoms with Crippen molar-refractivity contribution < 1.29 is 41.7 Å². The first-order valence-electron chi connectivity index (χ1n) is 14.8. The number of halogens is 5. The maximum absolute atomic E-state index is 14.3. The number of aliphatic hydroxyl groups is 1. The molecule has 2 heterocycles. The van der Waals surface area contributed by atoms with Gasteiger partial charge in [-0.1, -0.05) is 11.6 Å². The molecular formula is C32H30ClF4N3O5. The highest BCUT2D eigenvalue weighted by atomic mass is 35.5. The summed E-state index contributed by atoms with van der Waals surface area (Å²) in [7, 11) is 0. The number of pyridine rings is 1. The maximum Gasteiger partial charge on any atom is 0.414 e. The number of carbonyl (C=O) groups excluding carboxylic acids is 1. The van der Waals surface area contributed by atoms with E-state index < -0.39 is 47.1 Å². The summed E-state index contributed by atoms with van der Waals surface area (Å²) in [5, 5.41) is 14.5. The van der Waals surface area contributed by atoms with Crippen LogP contribution in [0.15, 0.2) is 42.5 Å². The molecule has 3 aliphatic carbocycles. The molecule has 7 rings (SSSR count). The smallest absolute Gasteiger partial charge is 0.414 e. The zero-order valence-corrected chi connectivity index (χ0v) is 24.7. The number of hydrogen-bond donors (Lipinski definition) is 3. The summed E-state index contributed by atoms with van der Waals surface area (Å²) in [6, 6.07) is 9.54. The lowest BCUT2D eigenvalue weighted by molar-refractivity contribution is -0.191. The molecule has 1 aromatic heterocycles. The number of alkyl halides is 3. The second-order valence-corrected chi connectivity index (χ2v) is 12.7. The number of nitrogens with two attached hydrogens (primary N) is 1. The molecule has 3 saturated carbocycles. The zero-order chi connectivity index (χ0) is 31.7. The SMILES string of the molecule is N[C@@]1(C(F)(F)F)COc2c1cc(C(O)(CNC(=O)c1ccc(OC3CC3)c(OC3CC3)c1)C1CC1)nc2-c1ccc(F)c(Cl)c1. The van der Waals surface area contributed by atoms with Gasteiger partial charge in [-0.3, -0.25) is 4.79 Å². The number of hydrogen-bond acceptors (Lipinski definition) is 7. The van der Waals surface area contributed by atoms with Crippen molar-refractivity contribution in [1.29, 1.82) is 0 Å². The number of aromatic nitrogens is 1. The second kappa shape index (κ2) is 10.7. The summed E-state index contributed by atoms with van der Waals surface area (Å²) in [5.74, 6) is -0.873. The van der Waals surface area contributed by atoms with E-state index in [9.17, 15) is 27.5 Å². The Labute approximate surface area is 260 Å². The van der Waals surface area contributed by atoms with E-state index in [0.717, 1.165) is 37.8 Å². The van der Waals surface area contributed by atoms with Crippen LogP contribution in [0.2, 0.25) is 5.02 Å². The number of nitrogens with zero attached hydrogens (tertiary/aromatic N) is 1. The number of fused-ring (bicyclic) bond motifs is 1. The first-order chi connectivity index (χ1) is 21.4. The highest BCUT2D eigenvalue weighted by molar-refractivity contribution is 6.31. The van der Waals surface area contributed by atoms with Crippen LogP contribution in [0.4, 0.5) is 17.6 Å². The molecular weight excluding hydrogens is 618 g/mol. The summed E-state index contributed by atoms with van der Waals surface area (Å²) >= 11 is 5.99. The lowest BCUT2D eigenvalue weighted by atomic mass is 9.86. The van der Waals surface area contributed by atoms with Crippen LogP contribution in [0.1, 0.15) is 60.1 Å². The van der Waals surface area contributed by atoms with E-state index >= 15 is 0 Å². The van der Waals surface area contributed by atoms with Crippen molar-refractivity contribution in [2.75, 3.05) is 13.2 Å². The highest BCUT2D eigenvalue weighted by Gasteiger charge is 2.59. The largest absolute Gasteiger partial charge is 0.488 e. The lowest BCUT2D eigenvalue weighted by Gasteiger charge is -2.31. The van der Waals surface area contributed by atoms with Crippen LogP contribution in [0.5, 0.6) is 17.2 Å². The minimum atomic E-state index is -4.91. The summed E-state index contributed by atoms with van der Waals surface area (Å²) < 4.78 is 74.3. The van der Waals surface area contributed by atoms with Crippen molar-refractivity contribution in [3.8, 4) is 28.5 Å². The average molecular weight is 648 g/mol. The van der Waals surface area contributed by atoms with Gasteiger partial charge in [0.15, 0.2) is 22.8 Å². The number of ether oxygens (including phenoxy) is 3. The van der Waals surface area contributed by atoms with Gasteiger partial charge in [-0.2, -0.15) is 13.2 Å². The van der Waals surface area contributed by atoms with E-state index in [0.29, 0.717) is 24.3 Å². The van der Waals surface area contributed by atoms with Gasteiger partial charge >= 0.3 is 6.18 Å². The Morgan fingerprint density at radius 2 is 1.73 bits per heavy atom. The number of rotatable bonds is 10. The van der Waals surface area contributed by atoms with Gasteiger partial charge in [0.1, 0.15) is 23.7 Å². The standard InChI is InChI=1S/C32H30ClF4N3O5/c33-22-11-16(1-9-23(22)34)27-28-21(31(38,15-43-28)32(35,36)37)13-26(40-27)30(42,18-3-4-18)14-39-29(41)17-2-10-24(44-19-5-6-19)25(12-17)45-20-7-8-20/h1-2,9-13,18-20,42H,3-8,14-15,38H2,(H,39,41)/t30?,31-/m0/s1. The Morgan fingerprint density at radius 1 is 1.04 bits per heavy atom. The van der Waals surface area contributed by atoms with Crippen molar-refractivity contribution >= 4 is 17.5 Å². The molecule has 3 aromatic rings. The molecule has 2 aromatic carbocycles. The lowest BCUT2D eigenvalue weighted by Crippen LogP contribution is -2.52. The molecule has 0 radical (unpaired) electrons. The first kappa shape index (κ1) is 30.1. The molecule has 2 atom stereocenters. The molecule has 3 fully saturated rings. The Hall–Kier alpha value is -3.61. The first-order valence-corrected chi connectivity index (χ1v) is 15.2. The molecule has 4 aliphatic rings. The van der Waals surface area contributed by atoms with Gasteiger partial charge in [0.2, 0.25) is 0 Å². The fraction of sp³-hybridized carbons (Fsp3) is 0.438. The quantitative estimate of drug-likeness (QED) is 0.240. The Morgan fingerprint density at radius 3 is 2.36 bits per heavy atom. The summed E-state index contributed by atoms with van der Waals surface area (Å²) in [5.41, 5.74) is 0.959. The van der Waals surface area contributed by atoms with E-state index in [2.05, 4.69) is 10.3 Å². The van der Waals surface area contributed by atoms with E-state index in [1.807, 2.05) is 0 Å². The van der Waals surface area contributed by atoms with Crippen LogP contribution in [0.25, 0.3) is 11.3 Å². The van der Waals surface area contributed by atoms with Crippen molar-refractivity contribution in [3.05, 3.63) is 70.1 Å². The van der Waals surface area contributed by atoms with Crippen LogP contribution in [0.3, 0.4) is 0 Å². The van der Waals surface area contributed by atoms with Crippen molar-refractivity contribution in [2.45, 2.75) is 68.0 Å².